The lowest BCUT2D eigenvalue weighted by atomic mass is 9.95. The second kappa shape index (κ2) is 10.4. The van der Waals surface area contributed by atoms with Gasteiger partial charge in [-0.3, -0.25) is 4.79 Å². The summed E-state index contributed by atoms with van der Waals surface area (Å²) in [4.78, 5) is 27.0. The first-order valence-electron chi connectivity index (χ1n) is 12.1. The van der Waals surface area contributed by atoms with Crippen molar-refractivity contribution in [1.82, 2.24) is 9.78 Å². The number of anilines is 2. The number of carbonyl (C=O) groups is 2. The van der Waals surface area contributed by atoms with Crippen molar-refractivity contribution < 1.29 is 27.5 Å². The first kappa shape index (κ1) is 26.8. The van der Waals surface area contributed by atoms with Crippen LogP contribution in [-0.4, -0.2) is 34.4 Å². The number of rotatable bonds is 5. The van der Waals surface area contributed by atoms with Crippen LogP contribution in [0.2, 0.25) is 10.0 Å². The second-order valence-electron chi connectivity index (χ2n) is 9.09. The highest BCUT2D eigenvalue weighted by atomic mass is 35.5. The predicted octanol–water partition coefficient (Wildman–Crippen LogP) is 7.22. The molecule has 3 aromatic rings. The Labute approximate surface area is 230 Å². The van der Waals surface area contributed by atoms with E-state index >= 15 is 0 Å². The molecule has 2 unspecified atom stereocenters. The van der Waals surface area contributed by atoms with Gasteiger partial charge in [0.2, 0.25) is 0 Å². The molecule has 2 N–H and O–H groups in total. The molecule has 202 valence electrons. The van der Waals surface area contributed by atoms with Gasteiger partial charge < -0.3 is 15.4 Å². The maximum Gasteiger partial charge on any atom is 0.410 e. The molecule has 0 fully saturated rings. The van der Waals surface area contributed by atoms with E-state index in [0.717, 1.165) is 34.4 Å². The van der Waals surface area contributed by atoms with Crippen molar-refractivity contribution in [1.29, 1.82) is 0 Å². The number of hydrogen-bond donors (Lipinski definition) is 2. The molecular formula is C25H23Cl2F3N4O3S. The van der Waals surface area contributed by atoms with Crippen molar-refractivity contribution in [2.24, 2.45) is 0 Å². The number of hydrogen-bond acceptors (Lipinski definition) is 6. The zero-order valence-electron chi connectivity index (χ0n) is 20.1. The minimum absolute atomic E-state index is 0.110. The Kier molecular flexibility index (Phi) is 7.36. The van der Waals surface area contributed by atoms with E-state index in [1.54, 1.807) is 31.2 Å². The number of halogens is 5. The Bertz CT molecular complexity index is 1390. The van der Waals surface area contributed by atoms with Crippen molar-refractivity contribution in [2.45, 2.75) is 57.3 Å². The Morgan fingerprint density at radius 2 is 1.92 bits per heavy atom. The predicted molar refractivity (Wildman–Crippen MR) is 140 cm³/mol. The van der Waals surface area contributed by atoms with Crippen LogP contribution < -0.4 is 10.6 Å². The van der Waals surface area contributed by atoms with Gasteiger partial charge in [0.1, 0.15) is 15.8 Å². The molecule has 7 nitrogen and oxygen atoms in total. The minimum Gasteiger partial charge on any atom is -0.462 e. The third kappa shape index (κ3) is 4.99. The zero-order chi connectivity index (χ0) is 27.2. The number of nitrogens with zero attached hydrogens (tertiary/aromatic N) is 2. The van der Waals surface area contributed by atoms with E-state index in [-0.39, 0.29) is 40.1 Å². The van der Waals surface area contributed by atoms with Gasteiger partial charge in [-0.15, -0.1) is 11.3 Å². The first-order valence-corrected chi connectivity index (χ1v) is 13.7. The summed E-state index contributed by atoms with van der Waals surface area (Å²) in [5.41, 5.74) is 1.34. The molecular weight excluding hydrogens is 564 g/mol. The molecule has 1 aliphatic heterocycles. The molecule has 0 saturated carbocycles. The van der Waals surface area contributed by atoms with Crippen molar-refractivity contribution in [3.05, 3.63) is 61.6 Å². The van der Waals surface area contributed by atoms with Gasteiger partial charge in [-0.05, 0) is 55.9 Å². The zero-order valence-corrected chi connectivity index (χ0v) is 22.5. The van der Waals surface area contributed by atoms with Gasteiger partial charge in [0.25, 0.3) is 5.91 Å². The highest BCUT2D eigenvalue weighted by molar-refractivity contribution is 7.17. The fourth-order valence-electron chi connectivity index (χ4n) is 4.88. The molecule has 38 heavy (non-hydrogen) atoms. The van der Waals surface area contributed by atoms with E-state index in [1.807, 2.05) is 0 Å². The quantitative estimate of drug-likeness (QED) is 0.308. The van der Waals surface area contributed by atoms with Gasteiger partial charge >= 0.3 is 12.1 Å². The van der Waals surface area contributed by atoms with E-state index in [0.29, 0.717) is 17.0 Å². The SMILES string of the molecule is CCOC(=O)c1c(NC(=O)c2nn3c(c2Cl)NC(c2ccc(Cl)cc2)CC3C(F)(F)F)sc2c1CCCC2. The van der Waals surface area contributed by atoms with Crippen LogP contribution >= 0.6 is 34.5 Å². The Morgan fingerprint density at radius 1 is 1.21 bits per heavy atom. The number of carbonyl (C=O) groups excluding carboxylic acids is 2. The molecule has 1 amide bonds. The second-order valence-corrected chi connectivity index (χ2v) is 11.0. The topological polar surface area (TPSA) is 85.2 Å². The van der Waals surface area contributed by atoms with Crippen LogP contribution in [0, 0.1) is 0 Å². The molecule has 0 spiro atoms. The largest absolute Gasteiger partial charge is 0.462 e. The summed E-state index contributed by atoms with van der Waals surface area (Å²) in [6.07, 6.45) is -1.69. The molecule has 1 aliphatic carbocycles. The molecule has 0 radical (unpaired) electrons. The molecule has 0 bridgehead atoms. The van der Waals surface area contributed by atoms with Crippen LogP contribution in [0.5, 0.6) is 0 Å². The lowest BCUT2D eigenvalue weighted by Crippen LogP contribution is -2.35. The van der Waals surface area contributed by atoms with Crippen molar-refractivity contribution in [3.8, 4) is 0 Å². The molecule has 3 heterocycles. The smallest absolute Gasteiger partial charge is 0.410 e. The van der Waals surface area contributed by atoms with E-state index < -0.39 is 30.1 Å². The highest BCUT2D eigenvalue weighted by Gasteiger charge is 2.48. The van der Waals surface area contributed by atoms with Gasteiger partial charge in [0, 0.05) is 16.3 Å². The highest BCUT2D eigenvalue weighted by Crippen LogP contribution is 2.46. The number of amides is 1. The summed E-state index contributed by atoms with van der Waals surface area (Å²) in [5, 5.41) is 10.2. The molecule has 2 atom stereocenters. The number of aromatic nitrogens is 2. The third-order valence-corrected chi connectivity index (χ3v) is 8.48. The molecule has 1 aromatic carbocycles. The average molecular weight is 587 g/mol. The van der Waals surface area contributed by atoms with Gasteiger partial charge in [-0.1, -0.05) is 35.3 Å². The molecule has 0 saturated heterocycles. The summed E-state index contributed by atoms with van der Waals surface area (Å²) < 4.78 is 48.2. The lowest BCUT2D eigenvalue weighted by Gasteiger charge is -2.33. The van der Waals surface area contributed by atoms with E-state index in [4.69, 9.17) is 27.9 Å². The van der Waals surface area contributed by atoms with Gasteiger partial charge in [-0.25, -0.2) is 9.48 Å². The fraction of sp³-hybridized carbons (Fsp3) is 0.400. The van der Waals surface area contributed by atoms with Crippen LogP contribution in [0.15, 0.2) is 24.3 Å². The number of nitrogens with one attached hydrogen (secondary N) is 2. The molecule has 2 aromatic heterocycles. The van der Waals surface area contributed by atoms with Crippen LogP contribution in [0.1, 0.15) is 75.1 Å². The Balaban J connectivity index is 1.49. The Hall–Kier alpha value is -2.76. The van der Waals surface area contributed by atoms with Crippen LogP contribution in [0.25, 0.3) is 0 Å². The number of esters is 1. The van der Waals surface area contributed by atoms with E-state index in [1.165, 1.54) is 11.3 Å². The van der Waals surface area contributed by atoms with E-state index in [9.17, 15) is 22.8 Å². The minimum atomic E-state index is -4.64. The van der Waals surface area contributed by atoms with Gasteiger partial charge in [0.15, 0.2) is 11.7 Å². The maximum absolute atomic E-state index is 14.1. The van der Waals surface area contributed by atoms with Crippen molar-refractivity contribution in [3.63, 3.8) is 0 Å². The summed E-state index contributed by atoms with van der Waals surface area (Å²) in [6.45, 7) is 1.85. The molecule has 13 heteroatoms. The van der Waals surface area contributed by atoms with Gasteiger partial charge in [0.05, 0.1) is 18.2 Å². The summed E-state index contributed by atoms with van der Waals surface area (Å²) in [5.74, 6) is -1.48. The Morgan fingerprint density at radius 3 is 2.61 bits per heavy atom. The number of alkyl halides is 3. The van der Waals surface area contributed by atoms with Crippen molar-refractivity contribution >= 4 is 57.2 Å². The lowest BCUT2D eigenvalue weighted by molar-refractivity contribution is -0.173. The number of ether oxygens (including phenoxy) is 1. The maximum atomic E-state index is 14.1. The summed E-state index contributed by atoms with van der Waals surface area (Å²) >= 11 is 13.7. The molecule has 2 aliphatic rings. The van der Waals surface area contributed by atoms with Crippen LogP contribution in [0.3, 0.4) is 0 Å². The summed E-state index contributed by atoms with van der Waals surface area (Å²) in [7, 11) is 0. The first-order chi connectivity index (χ1) is 18.1. The van der Waals surface area contributed by atoms with E-state index in [2.05, 4.69) is 15.7 Å². The number of thiophene rings is 1. The number of fused-ring (bicyclic) bond motifs is 2. The number of aryl methyl sites for hydroxylation is 1. The average Bonchev–Trinajstić information content (AvgIpc) is 3.40. The fourth-order valence-corrected chi connectivity index (χ4v) is 6.55. The standard InChI is InChI=1S/C25H23Cl2F3N4O3S/c1-2-37-24(36)18-14-5-3-4-6-16(14)38-23(18)32-22(35)20-19(27)21-31-15(12-7-9-13(26)10-8-12)11-17(25(28,29)30)34(21)33-20/h7-10,15,17,31H,2-6,11H2,1H3,(H,32,35). The van der Waals surface area contributed by atoms with Gasteiger partial charge in [-0.2, -0.15) is 18.3 Å². The molecule has 5 rings (SSSR count). The summed E-state index contributed by atoms with van der Waals surface area (Å²) in [6, 6.07) is 3.70. The third-order valence-electron chi connectivity index (χ3n) is 6.66. The number of benzene rings is 1. The van der Waals surface area contributed by atoms with Crippen LogP contribution in [0.4, 0.5) is 24.0 Å². The normalized spacial score (nSPS) is 18.8. The monoisotopic (exact) mass is 586 g/mol. The van der Waals surface area contributed by atoms with Crippen molar-refractivity contribution in [2.75, 3.05) is 17.2 Å². The van der Waals surface area contributed by atoms with Crippen LogP contribution in [-0.2, 0) is 17.6 Å².